The van der Waals surface area contributed by atoms with Gasteiger partial charge in [-0.1, -0.05) is 26.0 Å². The van der Waals surface area contributed by atoms with Crippen LogP contribution in [0.5, 0.6) is 0 Å². The molecule has 0 bridgehead atoms. The van der Waals surface area contributed by atoms with Crippen LogP contribution in [0.1, 0.15) is 78.8 Å². The van der Waals surface area contributed by atoms with E-state index in [1.54, 1.807) is 0 Å². The molecule has 2 N–H and O–H groups in total. The summed E-state index contributed by atoms with van der Waals surface area (Å²) in [6, 6.07) is 7.87. The second kappa shape index (κ2) is 7.94. The summed E-state index contributed by atoms with van der Waals surface area (Å²) in [7, 11) is 0. The highest BCUT2D eigenvalue weighted by atomic mass is 16.2. The fourth-order valence-electron chi connectivity index (χ4n) is 3.37. The number of fused-ring (bicyclic) bond motifs is 1. The Morgan fingerprint density at radius 2 is 1.74 bits per heavy atom. The van der Waals surface area contributed by atoms with Crippen molar-refractivity contribution >= 4 is 17.5 Å². The lowest BCUT2D eigenvalue weighted by Crippen LogP contribution is -2.33. The number of anilines is 1. The number of hydrogen-bond donors (Lipinski definition) is 2. The molecule has 0 atom stereocenters. The molecular formula is C21H28N4O2. The van der Waals surface area contributed by atoms with E-state index in [0.29, 0.717) is 17.4 Å². The van der Waals surface area contributed by atoms with Crippen molar-refractivity contribution in [3.8, 4) is 0 Å². The van der Waals surface area contributed by atoms with E-state index in [4.69, 9.17) is 0 Å². The molecule has 0 spiro atoms. The molecule has 2 heterocycles. The first-order valence-electron chi connectivity index (χ1n) is 9.68. The van der Waals surface area contributed by atoms with Gasteiger partial charge in [0.1, 0.15) is 0 Å². The molecule has 2 amide bonds. The van der Waals surface area contributed by atoms with Gasteiger partial charge in [-0.3, -0.25) is 9.59 Å². The van der Waals surface area contributed by atoms with Crippen molar-refractivity contribution in [2.24, 2.45) is 0 Å². The maximum atomic E-state index is 12.8. The van der Waals surface area contributed by atoms with Crippen LogP contribution in [0.3, 0.4) is 0 Å². The summed E-state index contributed by atoms with van der Waals surface area (Å²) in [5.74, 6) is 0.283. The monoisotopic (exact) mass is 368 g/mol. The Morgan fingerprint density at radius 1 is 1.04 bits per heavy atom. The van der Waals surface area contributed by atoms with Crippen LogP contribution in [0, 0.1) is 0 Å². The van der Waals surface area contributed by atoms with Crippen LogP contribution in [-0.4, -0.2) is 27.4 Å². The molecule has 6 heteroatoms. The summed E-state index contributed by atoms with van der Waals surface area (Å²) in [5, 5.41) is 5.79. The number of carbonyl (C=O) groups excluding carboxylic acids is 2. The molecule has 0 aliphatic carbocycles. The maximum absolute atomic E-state index is 12.8. The van der Waals surface area contributed by atoms with Gasteiger partial charge in [0, 0.05) is 18.3 Å². The van der Waals surface area contributed by atoms with Gasteiger partial charge in [-0.15, -0.1) is 0 Å². The van der Waals surface area contributed by atoms with E-state index in [2.05, 4.69) is 29.5 Å². The minimum Gasteiger partial charge on any atom is -0.347 e. The number of amides is 2. The highest BCUT2D eigenvalue weighted by Crippen LogP contribution is 2.23. The number of carbonyl (C=O) groups is 2. The van der Waals surface area contributed by atoms with Crippen LogP contribution < -0.4 is 10.6 Å². The van der Waals surface area contributed by atoms with Gasteiger partial charge in [-0.25, -0.2) is 4.98 Å². The first kappa shape index (κ1) is 19.1. The van der Waals surface area contributed by atoms with Crippen molar-refractivity contribution in [3.05, 3.63) is 47.0 Å². The van der Waals surface area contributed by atoms with E-state index in [9.17, 15) is 9.59 Å². The van der Waals surface area contributed by atoms with Crippen LogP contribution >= 0.6 is 0 Å². The number of benzene rings is 1. The SMILES string of the molecule is CC(C)NC(=O)c1nc(C(=O)Nc2ccc(C(C)C)cc2)c2n1CCCC2. The van der Waals surface area contributed by atoms with Crippen LogP contribution in [-0.2, 0) is 13.0 Å². The average molecular weight is 368 g/mol. The molecule has 2 aromatic rings. The van der Waals surface area contributed by atoms with Crippen molar-refractivity contribution < 1.29 is 9.59 Å². The Labute approximate surface area is 160 Å². The Bertz CT molecular complexity index is 835. The van der Waals surface area contributed by atoms with Crippen LogP contribution in [0.4, 0.5) is 5.69 Å². The molecule has 3 rings (SSSR count). The number of hydrogen-bond acceptors (Lipinski definition) is 3. The molecule has 144 valence electrons. The number of aromatic nitrogens is 2. The number of nitrogens with one attached hydrogen (secondary N) is 2. The second-order valence-corrected chi connectivity index (χ2v) is 7.70. The lowest BCUT2D eigenvalue weighted by Gasteiger charge is -2.17. The van der Waals surface area contributed by atoms with Crippen LogP contribution in [0.25, 0.3) is 0 Å². The number of imidazole rings is 1. The Morgan fingerprint density at radius 3 is 2.37 bits per heavy atom. The number of rotatable bonds is 5. The summed E-state index contributed by atoms with van der Waals surface area (Å²) in [5.41, 5.74) is 3.16. The van der Waals surface area contributed by atoms with E-state index >= 15 is 0 Å². The molecule has 0 radical (unpaired) electrons. The van der Waals surface area contributed by atoms with Gasteiger partial charge in [-0.2, -0.15) is 0 Å². The maximum Gasteiger partial charge on any atom is 0.287 e. The van der Waals surface area contributed by atoms with Gasteiger partial charge in [-0.05, 0) is 56.7 Å². The highest BCUT2D eigenvalue weighted by molar-refractivity contribution is 6.05. The third-order valence-corrected chi connectivity index (χ3v) is 4.79. The standard InChI is InChI=1S/C21H28N4O2/c1-13(2)15-8-10-16(11-9-15)23-20(26)18-17-7-5-6-12-25(17)19(24-18)21(27)22-14(3)4/h8-11,13-14H,5-7,12H2,1-4H3,(H,22,27)(H,23,26). The second-order valence-electron chi connectivity index (χ2n) is 7.70. The minimum absolute atomic E-state index is 0.0192. The molecule has 1 aliphatic rings. The molecular weight excluding hydrogens is 340 g/mol. The molecule has 0 saturated carbocycles. The quantitative estimate of drug-likeness (QED) is 0.844. The Kier molecular flexibility index (Phi) is 5.63. The summed E-state index contributed by atoms with van der Waals surface area (Å²) in [4.78, 5) is 29.8. The van der Waals surface area contributed by atoms with Gasteiger partial charge in [0.2, 0.25) is 0 Å². The van der Waals surface area contributed by atoms with Crippen LogP contribution in [0.2, 0.25) is 0 Å². The van der Waals surface area contributed by atoms with Crippen molar-refractivity contribution in [2.45, 2.75) is 65.5 Å². The zero-order valence-electron chi connectivity index (χ0n) is 16.5. The van der Waals surface area contributed by atoms with Crippen molar-refractivity contribution in [3.63, 3.8) is 0 Å². The third kappa shape index (κ3) is 4.21. The topological polar surface area (TPSA) is 76.0 Å². The zero-order chi connectivity index (χ0) is 19.6. The molecule has 0 saturated heterocycles. The lowest BCUT2D eigenvalue weighted by molar-refractivity contribution is 0.0927. The molecule has 0 unspecified atom stereocenters. The first-order valence-corrected chi connectivity index (χ1v) is 9.68. The van der Waals surface area contributed by atoms with Crippen molar-refractivity contribution in [1.29, 1.82) is 0 Å². The molecule has 1 aromatic carbocycles. The largest absolute Gasteiger partial charge is 0.347 e. The number of nitrogens with zero attached hydrogens (tertiary/aromatic N) is 2. The van der Waals surface area contributed by atoms with Gasteiger partial charge in [0.05, 0.1) is 5.69 Å². The minimum atomic E-state index is -0.262. The summed E-state index contributed by atoms with van der Waals surface area (Å²) in [6.45, 7) is 8.81. The normalized spacial score (nSPS) is 13.6. The molecule has 6 nitrogen and oxygen atoms in total. The average Bonchev–Trinajstić information content (AvgIpc) is 3.01. The van der Waals surface area contributed by atoms with Crippen molar-refractivity contribution in [1.82, 2.24) is 14.9 Å². The smallest absolute Gasteiger partial charge is 0.287 e. The molecule has 27 heavy (non-hydrogen) atoms. The first-order chi connectivity index (χ1) is 12.9. The zero-order valence-corrected chi connectivity index (χ0v) is 16.5. The van der Waals surface area contributed by atoms with Gasteiger partial charge in [0.15, 0.2) is 11.5 Å². The molecule has 0 fully saturated rings. The van der Waals surface area contributed by atoms with Crippen LogP contribution in [0.15, 0.2) is 24.3 Å². The molecule has 1 aliphatic heterocycles. The van der Waals surface area contributed by atoms with E-state index in [-0.39, 0.29) is 17.9 Å². The predicted octanol–water partition coefficient (Wildman–Crippen LogP) is 3.73. The van der Waals surface area contributed by atoms with Gasteiger partial charge >= 0.3 is 0 Å². The van der Waals surface area contributed by atoms with E-state index in [1.165, 1.54) is 5.56 Å². The summed E-state index contributed by atoms with van der Waals surface area (Å²) < 4.78 is 1.90. The van der Waals surface area contributed by atoms with E-state index in [0.717, 1.165) is 37.2 Å². The van der Waals surface area contributed by atoms with Gasteiger partial charge < -0.3 is 15.2 Å². The van der Waals surface area contributed by atoms with Crippen molar-refractivity contribution in [2.75, 3.05) is 5.32 Å². The fourth-order valence-corrected chi connectivity index (χ4v) is 3.37. The van der Waals surface area contributed by atoms with E-state index in [1.807, 2.05) is 42.7 Å². The fraction of sp³-hybridized carbons (Fsp3) is 0.476. The Hall–Kier alpha value is -2.63. The summed E-state index contributed by atoms with van der Waals surface area (Å²) >= 11 is 0. The predicted molar refractivity (Wildman–Crippen MR) is 106 cm³/mol. The third-order valence-electron chi connectivity index (χ3n) is 4.79. The molecule has 1 aromatic heterocycles. The van der Waals surface area contributed by atoms with E-state index < -0.39 is 0 Å². The van der Waals surface area contributed by atoms with Gasteiger partial charge in [0.25, 0.3) is 11.8 Å². The summed E-state index contributed by atoms with van der Waals surface area (Å²) in [6.07, 6.45) is 2.75. The Balaban J connectivity index is 1.85. The lowest BCUT2D eigenvalue weighted by atomic mass is 10.0. The highest BCUT2D eigenvalue weighted by Gasteiger charge is 2.27.